The molecule has 0 spiro atoms. The Bertz CT molecular complexity index is 238. The first-order chi connectivity index (χ1) is 8.61. The lowest BCUT2D eigenvalue weighted by atomic mass is 10.1. The van der Waals surface area contributed by atoms with Crippen molar-refractivity contribution in [2.75, 3.05) is 32.8 Å². The van der Waals surface area contributed by atoms with E-state index in [0.717, 1.165) is 45.5 Å². The molecule has 0 aromatic carbocycles. The van der Waals surface area contributed by atoms with E-state index >= 15 is 0 Å². The highest BCUT2D eigenvalue weighted by Crippen LogP contribution is 2.08. The number of amides is 1. The summed E-state index contributed by atoms with van der Waals surface area (Å²) in [6.45, 7) is 10.4. The van der Waals surface area contributed by atoms with E-state index in [2.05, 4.69) is 19.2 Å². The Balaban J connectivity index is 2.02. The van der Waals surface area contributed by atoms with Crippen molar-refractivity contribution >= 4 is 5.91 Å². The van der Waals surface area contributed by atoms with Crippen LogP contribution in [0.1, 0.15) is 40.0 Å². The summed E-state index contributed by atoms with van der Waals surface area (Å²) in [5.41, 5.74) is 0. The zero-order valence-electron chi connectivity index (χ0n) is 12.1. The molecule has 0 aromatic heterocycles. The Morgan fingerprint density at radius 1 is 1.22 bits per heavy atom. The molecule has 1 heterocycles. The van der Waals surface area contributed by atoms with Crippen LogP contribution < -0.4 is 5.32 Å². The quantitative estimate of drug-likeness (QED) is 0.671. The number of hydrogen-bond acceptors (Lipinski definition) is 3. The van der Waals surface area contributed by atoms with Crippen LogP contribution in [0.2, 0.25) is 0 Å². The first-order valence-corrected chi connectivity index (χ1v) is 7.21. The molecule has 4 heteroatoms. The van der Waals surface area contributed by atoms with E-state index in [1.54, 1.807) is 0 Å². The molecule has 0 bridgehead atoms. The van der Waals surface area contributed by atoms with Gasteiger partial charge in [-0.1, -0.05) is 13.8 Å². The summed E-state index contributed by atoms with van der Waals surface area (Å²) in [5, 5.41) is 3.23. The van der Waals surface area contributed by atoms with Crippen molar-refractivity contribution in [1.82, 2.24) is 10.2 Å². The average molecular weight is 256 g/mol. The Morgan fingerprint density at radius 2 is 1.89 bits per heavy atom. The number of carbonyl (C=O) groups excluding carboxylic acids is 1. The largest absolute Gasteiger partial charge is 0.380 e. The van der Waals surface area contributed by atoms with Gasteiger partial charge in [-0.25, -0.2) is 0 Å². The van der Waals surface area contributed by atoms with Crippen LogP contribution >= 0.6 is 0 Å². The minimum Gasteiger partial charge on any atom is -0.380 e. The minimum absolute atomic E-state index is 0.0863. The summed E-state index contributed by atoms with van der Waals surface area (Å²) < 4.78 is 5.51. The monoisotopic (exact) mass is 256 g/mol. The molecular weight excluding hydrogens is 228 g/mol. The molecule has 0 aromatic rings. The fourth-order valence-corrected chi connectivity index (χ4v) is 2.07. The molecule has 1 unspecified atom stereocenters. The molecule has 1 aliphatic rings. The van der Waals surface area contributed by atoms with Crippen LogP contribution in [0.4, 0.5) is 0 Å². The molecule has 4 nitrogen and oxygen atoms in total. The van der Waals surface area contributed by atoms with E-state index in [1.165, 1.54) is 0 Å². The van der Waals surface area contributed by atoms with E-state index in [1.807, 2.05) is 11.8 Å². The number of likely N-dealkylation sites (tertiary alicyclic amines) is 1. The Hall–Kier alpha value is -0.610. The topological polar surface area (TPSA) is 41.6 Å². The number of hydrogen-bond donors (Lipinski definition) is 1. The van der Waals surface area contributed by atoms with E-state index in [0.29, 0.717) is 12.5 Å². The zero-order valence-corrected chi connectivity index (χ0v) is 12.1. The lowest BCUT2D eigenvalue weighted by Gasteiger charge is -2.21. The SMILES string of the molecule is CC(C)CCOCCNC(C)C(=O)N1CCCC1. The second-order valence-electron chi connectivity index (χ2n) is 5.50. The predicted octanol–water partition coefficient (Wildman–Crippen LogP) is 1.65. The van der Waals surface area contributed by atoms with Gasteiger partial charge >= 0.3 is 0 Å². The maximum absolute atomic E-state index is 12.0. The third-order valence-electron chi connectivity index (χ3n) is 3.32. The van der Waals surface area contributed by atoms with Gasteiger partial charge < -0.3 is 15.0 Å². The van der Waals surface area contributed by atoms with Crippen molar-refractivity contribution in [3.05, 3.63) is 0 Å². The number of ether oxygens (including phenoxy) is 1. The number of nitrogens with zero attached hydrogens (tertiary/aromatic N) is 1. The zero-order chi connectivity index (χ0) is 13.4. The average Bonchev–Trinajstić information content (AvgIpc) is 2.85. The highest BCUT2D eigenvalue weighted by atomic mass is 16.5. The molecule has 1 saturated heterocycles. The van der Waals surface area contributed by atoms with Crippen LogP contribution in [0, 0.1) is 5.92 Å². The van der Waals surface area contributed by atoms with Crippen LogP contribution in [-0.4, -0.2) is 49.7 Å². The maximum Gasteiger partial charge on any atom is 0.239 e. The summed E-state index contributed by atoms with van der Waals surface area (Å²) in [7, 11) is 0. The molecule has 1 aliphatic heterocycles. The molecule has 1 atom stereocenters. The maximum atomic E-state index is 12.0. The van der Waals surface area contributed by atoms with Crippen LogP contribution in [-0.2, 0) is 9.53 Å². The third kappa shape index (κ3) is 5.83. The highest BCUT2D eigenvalue weighted by molar-refractivity contribution is 5.81. The summed E-state index contributed by atoms with van der Waals surface area (Å²) in [6.07, 6.45) is 3.40. The van der Waals surface area contributed by atoms with Gasteiger partial charge in [0, 0.05) is 26.2 Å². The van der Waals surface area contributed by atoms with Gasteiger partial charge in [0.15, 0.2) is 0 Å². The molecule has 18 heavy (non-hydrogen) atoms. The lowest BCUT2D eigenvalue weighted by Crippen LogP contribution is -2.44. The van der Waals surface area contributed by atoms with E-state index < -0.39 is 0 Å². The molecule has 0 aliphatic carbocycles. The van der Waals surface area contributed by atoms with Crippen LogP contribution in [0.3, 0.4) is 0 Å². The predicted molar refractivity (Wildman–Crippen MR) is 73.6 cm³/mol. The normalized spacial score (nSPS) is 17.4. The number of nitrogens with one attached hydrogen (secondary N) is 1. The third-order valence-corrected chi connectivity index (χ3v) is 3.32. The summed E-state index contributed by atoms with van der Waals surface area (Å²) in [5.74, 6) is 0.920. The molecular formula is C14H28N2O2. The van der Waals surface area contributed by atoms with Gasteiger partial charge in [0.1, 0.15) is 0 Å². The fourth-order valence-electron chi connectivity index (χ4n) is 2.07. The summed E-state index contributed by atoms with van der Waals surface area (Å²) in [6, 6.07) is -0.0863. The molecule has 1 amide bonds. The molecule has 1 N–H and O–H groups in total. The molecule has 0 saturated carbocycles. The van der Waals surface area contributed by atoms with Crippen molar-refractivity contribution in [3.63, 3.8) is 0 Å². The highest BCUT2D eigenvalue weighted by Gasteiger charge is 2.22. The lowest BCUT2D eigenvalue weighted by molar-refractivity contribution is -0.132. The van der Waals surface area contributed by atoms with Gasteiger partial charge in [0.2, 0.25) is 5.91 Å². The first-order valence-electron chi connectivity index (χ1n) is 7.21. The molecule has 1 fully saturated rings. The number of carbonyl (C=O) groups is 1. The van der Waals surface area contributed by atoms with Crippen molar-refractivity contribution in [2.24, 2.45) is 5.92 Å². The van der Waals surface area contributed by atoms with Crippen LogP contribution in [0.25, 0.3) is 0 Å². The van der Waals surface area contributed by atoms with E-state index in [-0.39, 0.29) is 11.9 Å². The fraction of sp³-hybridized carbons (Fsp3) is 0.929. The molecule has 1 rings (SSSR count). The smallest absolute Gasteiger partial charge is 0.239 e. The standard InChI is InChI=1S/C14H28N2O2/c1-12(2)6-10-18-11-7-15-13(3)14(17)16-8-4-5-9-16/h12-13,15H,4-11H2,1-3H3. The van der Waals surface area contributed by atoms with Crippen LogP contribution in [0.5, 0.6) is 0 Å². The Morgan fingerprint density at radius 3 is 2.50 bits per heavy atom. The molecule has 106 valence electrons. The van der Waals surface area contributed by atoms with Gasteiger partial charge in [-0.2, -0.15) is 0 Å². The van der Waals surface area contributed by atoms with Crippen molar-refractivity contribution < 1.29 is 9.53 Å². The van der Waals surface area contributed by atoms with Gasteiger partial charge in [-0.3, -0.25) is 4.79 Å². The van der Waals surface area contributed by atoms with Crippen molar-refractivity contribution in [3.8, 4) is 0 Å². The van der Waals surface area contributed by atoms with Crippen molar-refractivity contribution in [2.45, 2.75) is 46.1 Å². The Labute approximate surface area is 111 Å². The second kappa shape index (κ2) is 8.48. The minimum atomic E-state index is -0.0863. The van der Waals surface area contributed by atoms with E-state index in [4.69, 9.17) is 4.74 Å². The Kier molecular flexibility index (Phi) is 7.28. The van der Waals surface area contributed by atoms with Gasteiger partial charge in [-0.05, 0) is 32.1 Å². The van der Waals surface area contributed by atoms with E-state index in [9.17, 15) is 4.79 Å². The van der Waals surface area contributed by atoms with Gasteiger partial charge in [0.05, 0.1) is 12.6 Å². The van der Waals surface area contributed by atoms with Crippen molar-refractivity contribution in [1.29, 1.82) is 0 Å². The van der Waals surface area contributed by atoms with Gasteiger partial charge in [-0.15, -0.1) is 0 Å². The van der Waals surface area contributed by atoms with Crippen LogP contribution in [0.15, 0.2) is 0 Å². The van der Waals surface area contributed by atoms with Gasteiger partial charge in [0.25, 0.3) is 0 Å². The summed E-state index contributed by atoms with van der Waals surface area (Å²) >= 11 is 0. The second-order valence-corrected chi connectivity index (χ2v) is 5.50. The summed E-state index contributed by atoms with van der Waals surface area (Å²) in [4.78, 5) is 13.9. The molecule has 0 radical (unpaired) electrons. The first kappa shape index (κ1) is 15.4. The number of rotatable bonds is 8.